The van der Waals surface area contributed by atoms with E-state index in [9.17, 15) is 19.7 Å². The smallest absolute Gasteiger partial charge is 0.276 e. The molecule has 0 fully saturated rings. The van der Waals surface area contributed by atoms with E-state index in [4.69, 9.17) is 4.74 Å². The Morgan fingerprint density at radius 3 is 2.32 bits per heavy atom. The minimum Gasteiger partial charge on any atom is -0.484 e. The van der Waals surface area contributed by atoms with E-state index >= 15 is 0 Å². The van der Waals surface area contributed by atoms with E-state index in [0.29, 0.717) is 5.75 Å². The first kappa shape index (κ1) is 18.8. The summed E-state index contributed by atoms with van der Waals surface area (Å²) in [6, 6.07) is 18.8. The maximum atomic E-state index is 12.1. The number of non-ortho nitro benzene ring substituents is 1. The molecule has 2 amide bonds. The van der Waals surface area contributed by atoms with Crippen LogP contribution in [-0.2, 0) is 16.0 Å². The van der Waals surface area contributed by atoms with Gasteiger partial charge in [0.1, 0.15) is 5.75 Å². The molecule has 2 N–H and O–H groups in total. The zero-order chi connectivity index (χ0) is 19.9. The number of ether oxygens (including phenoxy) is 1. The van der Waals surface area contributed by atoms with E-state index < -0.39 is 10.8 Å². The summed E-state index contributed by atoms with van der Waals surface area (Å²) in [5, 5.41) is 12.6. The number of hydrogen-bond acceptors (Lipinski definition) is 5. The van der Waals surface area contributed by atoms with Crippen molar-refractivity contribution < 1.29 is 19.2 Å². The van der Waals surface area contributed by atoms with Crippen LogP contribution in [0.5, 0.6) is 5.75 Å². The van der Waals surface area contributed by atoms with Crippen molar-refractivity contribution in [2.24, 2.45) is 0 Å². The van der Waals surface area contributed by atoms with Gasteiger partial charge in [-0.3, -0.25) is 30.6 Å². The molecular weight excluding hydrogens is 362 g/mol. The lowest BCUT2D eigenvalue weighted by Gasteiger charge is -2.10. The summed E-state index contributed by atoms with van der Waals surface area (Å²) < 4.78 is 5.22. The second kappa shape index (κ2) is 8.63. The topological polar surface area (TPSA) is 111 Å². The fourth-order valence-corrected chi connectivity index (χ4v) is 2.65. The summed E-state index contributed by atoms with van der Waals surface area (Å²) in [5.41, 5.74) is 5.41. The molecule has 8 nitrogen and oxygen atoms in total. The molecule has 0 aliphatic heterocycles. The van der Waals surface area contributed by atoms with Crippen molar-refractivity contribution in [3.63, 3.8) is 0 Å². The predicted molar refractivity (Wildman–Crippen MR) is 103 cm³/mol. The number of nitrogens with zero attached hydrogens (tertiary/aromatic N) is 1. The molecular formula is C20H17N3O5. The van der Waals surface area contributed by atoms with E-state index in [0.717, 1.165) is 16.3 Å². The number of nitro benzene ring substituents is 1. The highest BCUT2D eigenvalue weighted by Crippen LogP contribution is 2.19. The average Bonchev–Trinajstić information content (AvgIpc) is 2.71. The number of nitrogens with one attached hydrogen (secondary N) is 2. The van der Waals surface area contributed by atoms with E-state index in [1.54, 1.807) is 0 Å². The van der Waals surface area contributed by atoms with E-state index in [1.165, 1.54) is 24.3 Å². The molecule has 0 aliphatic carbocycles. The van der Waals surface area contributed by atoms with Crippen molar-refractivity contribution in [2.75, 3.05) is 6.61 Å². The van der Waals surface area contributed by atoms with Gasteiger partial charge in [0.2, 0.25) is 5.91 Å². The summed E-state index contributed by atoms with van der Waals surface area (Å²) >= 11 is 0. The lowest BCUT2D eigenvalue weighted by molar-refractivity contribution is -0.384. The average molecular weight is 379 g/mol. The molecule has 0 atom stereocenters. The van der Waals surface area contributed by atoms with E-state index in [1.807, 2.05) is 42.5 Å². The molecule has 3 aromatic rings. The van der Waals surface area contributed by atoms with Crippen LogP contribution in [-0.4, -0.2) is 23.3 Å². The Morgan fingerprint density at radius 1 is 0.893 bits per heavy atom. The van der Waals surface area contributed by atoms with Crippen LogP contribution < -0.4 is 15.6 Å². The molecule has 8 heteroatoms. The molecule has 0 spiro atoms. The summed E-state index contributed by atoms with van der Waals surface area (Å²) in [6.45, 7) is -0.341. The van der Waals surface area contributed by atoms with Crippen molar-refractivity contribution >= 4 is 28.3 Å². The Bertz CT molecular complexity index is 1010. The van der Waals surface area contributed by atoms with Gasteiger partial charge >= 0.3 is 0 Å². The summed E-state index contributed by atoms with van der Waals surface area (Å²) in [4.78, 5) is 34.0. The van der Waals surface area contributed by atoms with Crippen LogP contribution in [0.2, 0.25) is 0 Å². The molecule has 142 valence electrons. The van der Waals surface area contributed by atoms with Gasteiger partial charge in [-0.05, 0) is 28.5 Å². The molecule has 3 aromatic carbocycles. The van der Waals surface area contributed by atoms with E-state index in [-0.39, 0.29) is 24.6 Å². The molecule has 28 heavy (non-hydrogen) atoms. The number of carbonyl (C=O) groups excluding carboxylic acids is 2. The number of hydrazine groups is 1. The van der Waals surface area contributed by atoms with Gasteiger partial charge in [0, 0.05) is 12.1 Å². The van der Waals surface area contributed by atoms with Gasteiger partial charge < -0.3 is 4.74 Å². The zero-order valence-corrected chi connectivity index (χ0v) is 14.8. The van der Waals surface area contributed by atoms with Crippen LogP contribution in [0.25, 0.3) is 10.8 Å². The second-order valence-electron chi connectivity index (χ2n) is 5.95. The van der Waals surface area contributed by atoms with Crippen LogP contribution >= 0.6 is 0 Å². The number of hydrogen-bond donors (Lipinski definition) is 2. The molecule has 0 bridgehead atoms. The molecule has 3 rings (SSSR count). The highest BCUT2D eigenvalue weighted by molar-refractivity contribution is 5.91. The normalized spacial score (nSPS) is 10.3. The largest absolute Gasteiger partial charge is 0.484 e. The third-order valence-corrected chi connectivity index (χ3v) is 3.99. The molecule has 0 aliphatic rings. The Balaban J connectivity index is 1.47. The first-order chi connectivity index (χ1) is 13.5. The second-order valence-corrected chi connectivity index (χ2v) is 5.95. The zero-order valence-electron chi connectivity index (χ0n) is 14.8. The lowest BCUT2D eigenvalue weighted by Crippen LogP contribution is -2.44. The maximum absolute atomic E-state index is 12.1. The minimum absolute atomic E-state index is 0.0718. The van der Waals surface area contributed by atoms with E-state index in [2.05, 4.69) is 10.9 Å². The van der Waals surface area contributed by atoms with Gasteiger partial charge in [0.25, 0.3) is 11.6 Å². The number of fused-ring (bicyclic) bond motifs is 1. The molecule has 0 heterocycles. The Morgan fingerprint density at radius 2 is 1.57 bits per heavy atom. The van der Waals surface area contributed by atoms with Crippen LogP contribution in [0.15, 0.2) is 66.7 Å². The van der Waals surface area contributed by atoms with Gasteiger partial charge in [-0.1, -0.05) is 42.5 Å². The summed E-state index contributed by atoms with van der Waals surface area (Å²) in [7, 11) is 0. The van der Waals surface area contributed by atoms with Gasteiger partial charge in [0.05, 0.1) is 11.3 Å². The minimum atomic E-state index is -0.551. The van der Waals surface area contributed by atoms with Gasteiger partial charge in [-0.2, -0.15) is 0 Å². The highest BCUT2D eigenvalue weighted by Gasteiger charge is 2.09. The Kier molecular flexibility index (Phi) is 5.81. The van der Waals surface area contributed by atoms with Crippen LogP contribution in [0, 0.1) is 10.1 Å². The predicted octanol–water partition coefficient (Wildman–Crippen LogP) is 2.52. The highest BCUT2D eigenvalue weighted by atomic mass is 16.6. The number of benzene rings is 3. The number of nitro groups is 1. The van der Waals surface area contributed by atoms with Gasteiger partial charge in [-0.15, -0.1) is 0 Å². The van der Waals surface area contributed by atoms with Crippen molar-refractivity contribution in [2.45, 2.75) is 6.42 Å². The molecule has 0 aromatic heterocycles. The SMILES string of the molecule is O=C(COc1ccc([N+](=O)[O-])cc1)NNC(=O)Cc1cccc2ccccc12. The first-order valence-electron chi connectivity index (χ1n) is 8.44. The van der Waals surface area contributed by atoms with Crippen LogP contribution in [0.1, 0.15) is 5.56 Å². The standard InChI is InChI=1S/C20H17N3O5/c24-19(12-15-6-3-5-14-4-1-2-7-18(14)15)21-22-20(25)13-28-17-10-8-16(9-11-17)23(26)27/h1-11H,12-13H2,(H,21,24)(H,22,25). The van der Waals surface area contributed by atoms with Crippen LogP contribution in [0.4, 0.5) is 5.69 Å². The molecule has 0 saturated carbocycles. The van der Waals surface area contributed by atoms with Crippen molar-refractivity contribution in [1.29, 1.82) is 0 Å². The number of amides is 2. The molecule has 0 unspecified atom stereocenters. The van der Waals surface area contributed by atoms with Gasteiger partial charge in [-0.25, -0.2) is 0 Å². The maximum Gasteiger partial charge on any atom is 0.276 e. The van der Waals surface area contributed by atoms with Gasteiger partial charge in [0.15, 0.2) is 6.61 Å². The quantitative estimate of drug-likeness (QED) is 0.505. The van der Waals surface area contributed by atoms with Crippen molar-refractivity contribution in [1.82, 2.24) is 10.9 Å². The number of carbonyl (C=O) groups is 2. The molecule has 0 saturated heterocycles. The third-order valence-electron chi connectivity index (χ3n) is 3.99. The first-order valence-corrected chi connectivity index (χ1v) is 8.44. The van der Waals surface area contributed by atoms with Crippen molar-refractivity contribution in [3.8, 4) is 5.75 Å². The third kappa shape index (κ3) is 4.82. The van der Waals surface area contributed by atoms with Crippen LogP contribution in [0.3, 0.4) is 0 Å². The summed E-state index contributed by atoms with van der Waals surface area (Å²) in [6.07, 6.45) is 0.116. The Labute approximate surface area is 160 Å². The molecule has 0 radical (unpaired) electrons. The fourth-order valence-electron chi connectivity index (χ4n) is 2.65. The summed E-state index contributed by atoms with van der Waals surface area (Å²) in [5.74, 6) is -0.604. The lowest BCUT2D eigenvalue weighted by atomic mass is 10.0. The number of rotatable bonds is 6. The fraction of sp³-hybridized carbons (Fsp3) is 0.100. The monoisotopic (exact) mass is 379 g/mol. The van der Waals surface area contributed by atoms with Crippen molar-refractivity contribution in [3.05, 3.63) is 82.4 Å². The Hall–Kier alpha value is -3.94.